The van der Waals surface area contributed by atoms with E-state index in [2.05, 4.69) is 15.5 Å². The number of ether oxygens (including phenoxy) is 1. The van der Waals surface area contributed by atoms with E-state index in [0.717, 1.165) is 11.3 Å². The van der Waals surface area contributed by atoms with Crippen molar-refractivity contribution in [1.29, 1.82) is 0 Å². The molecule has 1 aromatic heterocycles. The lowest BCUT2D eigenvalue weighted by atomic mass is 10.3. The van der Waals surface area contributed by atoms with Crippen molar-refractivity contribution in [2.24, 2.45) is 0 Å². The summed E-state index contributed by atoms with van der Waals surface area (Å²) in [6.07, 6.45) is 0. The molecule has 8 heteroatoms. The number of nitrogens with zero attached hydrogens (tertiary/aromatic N) is 2. The van der Waals surface area contributed by atoms with Gasteiger partial charge in [-0.1, -0.05) is 0 Å². The number of benzene rings is 1. The summed E-state index contributed by atoms with van der Waals surface area (Å²) in [4.78, 5) is 21.7. The molecule has 0 bridgehead atoms. The fourth-order valence-electron chi connectivity index (χ4n) is 1.59. The Balaban J connectivity index is 1.89. The Kier molecular flexibility index (Phi) is 4.17. The zero-order chi connectivity index (χ0) is 15.4. The highest BCUT2D eigenvalue weighted by molar-refractivity contribution is 5.91. The first-order chi connectivity index (χ1) is 9.97. The van der Waals surface area contributed by atoms with Gasteiger partial charge in [-0.25, -0.2) is 0 Å². The number of aryl methyl sites for hydroxylation is 1. The lowest BCUT2D eigenvalue weighted by Crippen LogP contribution is -2.20. The van der Waals surface area contributed by atoms with Crippen molar-refractivity contribution >= 4 is 17.4 Å². The number of carbonyl (C=O) groups is 1. The van der Waals surface area contributed by atoms with E-state index in [-0.39, 0.29) is 18.2 Å². The molecule has 0 unspecified atom stereocenters. The van der Waals surface area contributed by atoms with E-state index in [0.29, 0.717) is 11.6 Å². The van der Waals surface area contributed by atoms with Gasteiger partial charge in [0.2, 0.25) is 0 Å². The minimum atomic E-state index is -0.501. The Labute approximate surface area is 120 Å². The summed E-state index contributed by atoms with van der Waals surface area (Å²) in [5, 5.41) is 19.8. The third kappa shape index (κ3) is 3.56. The molecule has 0 radical (unpaired) electrons. The van der Waals surface area contributed by atoms with Gasteiger partial charge in [-0.05, 0) is 26.0 Å². The molecule has 1 aromatic carbocycles. The number of carbonyl (C=O) groups excluding carboxylic acids is 1. The second kappa shape index (κ2) is 6.04. The lowest BCUT2D eigenvalue weighted by Gasteiger charge is -2.06. The SMILES string of the molecule is Cc1[nH]nc(NC(=O)COc2ccc([N+](=O)[O-])cc2)c1C. The number of amides is 1. The zero-order valence-electron chi connectivity index (χ0n) is 11.5. The Morgan fingerprint density at radius 2 is 2.05 bits per heavy atom. The molecule has 0 aliphatic heterocycles. The van der Waals surface area contributed by atoms with Gasteiger partial charge in [0.1, 0.15) is 5.75 Å². The van der Waals surface area contributed by atoms with E-state index in [1.54, 1.807) is 0 Å². The maximum atomic E-state index is 11.7. The van der Waals surface area contributed by atoms with Crippen LogP contribution in [0.2, 0.25) is 0 Å². The largest absolute Gasteiger partial charge is 0.484 e. The number of rotatable bonds is 5. The molecule has 1 amide bonds. The third-order valence-electron chi connectivity index (χ3n) is 2.93. The van der Waals surface area contributed by atoms with Gasteiger partial charge in [0.25, 0.3) is 11.6 Å². The monoisotopic (exact) mass is 290 g/mol. The first kappa shape index (κ1) is 14.5. The summed E-state index contributed by atoms with van der Waals surface area (Å²) in [5.74, 6) is 0.485. The maximum absolute atomic E-state index is 11.7. The summed E-state index contributed by atoms with van der Waals surface area (Å²) in [5.41, 5.74) is 1.70. The number of aromatic nitrogens is 2. The van der Waals surface area contributed by atoms with Crippen molar-refractivity contribution in [1.82, 2.24) is 10.2 Å². The van der Waals surface area contributed by atoms with Crippen LogP contribution in [-0.4, -0.2) is 27.6 Å². The molecule has 0 saturated heterocycles. The van der Waals surface area contributed by atoms with E-state index >= 15 is 0 Å². The summed E-state index contributed by atoms with van der Waals surface area (Å²) in [7, 11) is 0. The molecule has 110 valence electrons. The highest BCUT2D eigenvalue weighted by Gasteiger charge is 2.10. The molecule has 0 saturated carbocycles. The molecule has 2 rings (SSSR count). The second-order valence-electron chi connectivity index (χ2n) is 4.41. The molecule has 0 aliphatic carbocycles. The number of non-ortho nitro benzene ring substituents is 1. The number of hydrogen-bond acceptors (Lipinski definition) is 5. The van der Waals surface area contributed by atoms with Crippen LogP contribution in [-0.2, 0) is 4.79 Å². The smallest absolute Gasteiger partial charge is 0.269 e. The topological polar surface area (TPSA) is 110 Å². The molecule has 0 atom stereocenters. The van der Waals surface area contributed by atoms with Gasteiger partial charge >= 0.3 is 0 Å². The fraction of sp³-hybridized carbons (Fsp3) is 0.231. The first-order valence-corrected chi connectivity index (χ1v) is 6.16. The molecule has 1 heterocycles. The normalized spacial score (nSPS) is 10.2. The number of nitro groups is 1. The van der Waals surface area contributed by atoms with E-state index in [1.807, 2.05) is 13.8 Å². The van der Waals surface area contributed by atoms with Gasteiger partial charge in [0.05, 0.1) is 4.92 Å². The Hall–Kier alpha value is -2.90. The number of hydrogen-bond donors (Lipinski definition) is 2. The van der Waals surface area contributed by atoms with Gasteiger partial charge < -0.3 is 10.1 Å². The average Bonchev–Trinajstić information content (AvgIpc) is 2.77. The number of H-pyrrole nitrogens is 1. The molecular weight excluding hydrogens is 276 g/mol. The van der Waals surface area contributed by atoms with Crippen LogP contribution in [0, 0.1) is 24.0 Å². The molecule has 2 aromatic rings. The number of anilines is 1. The van der Waals surface area contributed by atoms with Crippen LogP contribution in [0.5, 0.6) is 5.75 Å². The zero-order valence-corrected chi connectivity index (χ0v) is 11.5. The Bertz CT molecular complexity index is 663. The third-order valence-corrected chi connectivity index (χ3v) is 2.93. The van der Waals surface area contributed by atoms with Crippen LogP contribution < -0.4 is 10.1 Å². The van der Waals surface area contributed by atoms with Crippen molar-refractivity contribution in [2.75, 3.05) is 11.9 Å². The number of aromatic amines is 1. The number of nitro benzene ring substituents is 1. The van der Waals surface area contributed by atoms with Crippen molar-refractivity contribution in [2.45, 2.75) is 13.8 Å². The Morgan fingerprint density at radius 1 is 1.38 bits per heavy atom. The first-order valence-electron chi connectivity index (χ1n) is 6.16. The van der Waals surface area contributed by atoms with E-state index in [9.17, 15) is 14.9 Å². The minimum Gasteiger partial charge on any atom is -0.484 e. The van der Waals surface area contributed by atoms with Crippen LogP contribution >= 0.6 is 0 Å². The van der Waals surface area contributed by atoms with Crippen LogP contribution in [0.3, 0.4) is 0 Å². The van der Waals surface area contributed by atoms with Crippen LogP contribution in [0.15, 0.2) is 24.3 Å². The maximum Gasteiger partial charge on any atom is 0.269 e. The average molecular weight is 290 g/mol. The molecule has 21 heavy (non-hydrogen) atoms. The summed E-state index contributed by atoms with van der Waals surface area (Å²) >= 11 is 0. The molecule has 8 nitrogen and oxygen atoms in total. The highest BCUT2D eigenvalue weighted by Crippen LogP contribution is 2.17. The number of nitrogens with one attached hydrogen (secondary N) is 2. The highest BCUT2D eigenvalue weighted by atomic mass is 16.6. The summed E-state index contributed by atoms with van der Waals surface area (Å²) in [6, 6.07) is 5.51. The predicted octanol–water partition coefficient (Wildman–Crippen LogP) is 1.95. The molecule has 0 fully saturated rings. The minimum absolute atomic E-state index is 0.0329. The summed E-state index contributed by atoms with van der Waals surface area (Å²) in [6.45, 7) is 3.49. The molecule has 0 aliphatic rings. The second-order valence-corrected chi connectivity index (χ2v) is 4.41. The fourth-order valence-corrected chi connectivity index (χ4v) is 1.59. The van der Waals surface area contributed by atoms with Gasteiger partial charge in [-0.15, -0.1) is 0 Å². The summed E-state index contributed by atoms with van der Waals surface area (Å²) < 4.78 is 5.25. The standard InChI is InChI=1S/C13H14N4O4/c1-8-9(2)15-16-13(8)14-12(18)7-21-11-5-3-10(4-6-11)17(19)20/h3-6H,7H2,1-2H3,(H2,14,15,16,18). The van der Waals surface area contributed by atoms with Crippen LogP contribution in [0.1, 0.15) is 11.3 Å². The van der Waals surface area contributed by atoms with E-state index < -0.39 is 4.92 Å². The van der Waals surface area contributed by atoms with Crippen molar-refractivity contribution < 1.29 is 14.5 Å². The predicted molar refractivity (Wildman–Crippen MR) is 75.3 cm³/mol. The van der Waals surface area contributed by atoms with Crippen molar-refractivity contribution in [3.8, 4) is 5.75 Å². The lowest BCUT2D eigenvalue weighted by molar-refractivity contribution is -0.384. The van der Waals surface area contributed by atoms with Crippen molar-refractivity contribution in [3.63, 3.8) is 0 Å². The quantitative estimate of drug-likeness (QED) is 0.646. The van der Waals surface area contributed by atoms with Crippen LogP contribution in [0.4, 0.5) is 11.5 Å². The molecule has 0 spiro atoms. The van der Waals surface area contributed by atoms with Gasteiger partial charge in [-0.3, -0.25) is 20.0 Å². The Morgan fingerprint density at radius 3 is 2.57 bits per heavy atom. The molecular formula is C13H14N4O4. The van der Waals surface area contributed by atoms with E-state index in [1.165, 1.54) is 24.3 Å². The van der Waals surface area contributed by atoms with Gasteiger partial charge in [-0.2, -0.15) is 5.10 Å². The van der Waals surface area contributed by atoms with Gasteiger partial charge in [0.15, 0.2) is 12.4 Å². The van der Waals surface area contributed by atoms with Gasteiger partial charge in [0, 0.05) is 23.4 Å². The molecule has 2 N–H and O–H groups in total. The van der Waals surface area contributed by atoms with E-state index in [4.69, 9.17) is 4.74 Å². The van der Waals surface area contributed by atoms with Crippen LogP contribution in [0.25, 0.3) is 0 Å². The van der Waals surface area contributed by atoms with Crippen molar-refractivity contribution in [3.05, 3.63) is 45.6 Å².